The van der Waals surface area contributed by atoms with E-state index in [1.807, 2.05) is 6.92 Å². The van der Waals surface area contributed by atoms with Crippen LogP contribution in [0.3, 0.4) is 0 Å². The summed E-state index contributed by atoms with van der Waals surface area (Å²) in [4.78, 5) is 0. The van der Waals surface area contributed by atoms with E-state index in [0.717, 1.165) is 16.6 Å². The van der Waals surface area contributed by atoms with Crippen molar-refractivity contribution in [2.45, 2.75) is 30.9 Å². The van der Waals surface area contributed by atoms with Crippen molar-refractivity contribution in [3.8, 4) is 0 Å². The predicted octanol–water partition coefficient (Wildman–Crippen LogP) is 3.32. The van der Waals surface area contributed by atoms with Crippen LogP contribution in [-0.2, 0) is 10.0 Å². The first-order chi connectivity index (χ1) is 7.52. The first-order valence-electron chi connectivity index (χ1n) is 5.27. The molecule has 0 amide bonds. The van der Waals surface area contributed by atoms with Crippen LogP contribution in [0.1, 0.15) is 26.7 Å². The topological polar surface area (TPSA) is 37.4 Å². The number of hydrogen-bond acceptors (Lipinski definition) is 3. The van der Waals surface area contributed by atoms with Crippen LogP contribution in [-0.4, -0.2) is 25.8 Å². The summed E-state index contributed by atoms with van der Waals surface area (Å²) in [6.45, 7) is 5.06. The van der Waals surface area contributed by atoms with E-state index >= 15 is 0 Å². The fourth-order valence-electron chi connectivity index (χ4n) is 1.35. The lowest BCUT2D eigenvalue weighted by Gasteiger charge is -2.18. The highest BCUT2D eigenvalue weighted by molar-refractivity contribution is 9.11. The average Bonchev–Trinajstić information content (AvgIpc) is 2.66. The van der Waals surface area contributed by atoms with Crippen molar-refractivity contribution in [2.24, 2.45) is 0 Å². The standard InChI is InChI=1S/C10H16BrNO2S2/c1-3-5-8-12(4-2)16(13,14)10-7-6-9(11)15-10/h6-7H,3-5,8H2,1-2H3. The van der Waals surface area contributed by atoms with Gasteiger partial charge >= 0.3 is 0 Å². The van der Waals surface area contributed by atoms with Gasteiger partial charge in [-0.2, -0.15) is 4.31 Å². The minimum atomic E-state index is -3.28. The molecule has 0 aliphatic heterocycles. The van der Waals surface area contributed by atoms with Crippen molar-refractivity contribution in [1.82, 2.24) is 4.31 Å². The third kappa shape index (κ3) is 3.29. The number of thiophene rings is 1. The summed E-state index contributed by atoms with van der Waals surface area (Å²) in [5.41, 5.74) is 0. The number of hydrogen-bond donors (Lipinski definition) is 0. The zero-order chi connectivity index (χ0) is 12.2. The van der Waals surface area contributed by atoms with Gasteiger partial charge in [-0.3, -0.25) is 0 Å². The van der Waals surface area contributed by atoms with E-state index in [9.17, 15) is 8.42 Å². The van der Waals surface area contributed by atoms with Crippen molar-refractivity contribution < 1.29 is 8.42 Å². The van der Waals surface area contributed by atoms with Gasteiger partial charge in [0.05, 0.1) is 3.79 Å². The SMILES string of the molecule is CCCCN(CC)S(=O)(=O)c1ccc(Br)s1. The summed E-state index contributed by atoms with van der Waals surface area (Å²) in [6, 6.07) is 3.42. The molecule has 0 N–H and O–H groups in total. The van der Waals surface area contributed by atoms with Gasteiger partial charge < -0.3 is 0 Å². The Kier molecular flexibility index (Phi) is 5.43. The molecule has 16 heavy (non-hydrogen) atoms. The first-order valence-corrected chi connectivity index (χ1v) is 8.32. The quantitative estimate of drug-likeness (QED) is 0.804. The summed E-state index contributed by atoms with van der Waals surface area (Å²) in [5.74, 6) is 0. The molecule has 0 aliphatic carbocycles. The van der Waals surface area contributed by atoms with E-state index in [1.165, 1.54) is 15.6 Å². The maximum Gasteiger partial charge on any atom is 0.252 e. The zero-order valence-electron chi connectivity index (χ0n) is 9.44. The van der Waals surface area contributed by atoms with Gasteiger partial charge in [0.1, 0.15) is 4.21 Å². The molecule has 1 rings (SSSR count). The van der Waals surface area contributed by atoms with E-state index in [1.54, 1.807) is 12.1 Å². The van der Waals surface area contributed by atoms with Crippen molar-refractivity contribution in [3.63, 3.8) is 0 Å². The highest BCUT2D eigenvalue weighted by Gasteiger charge is 2.23. The van der Waals surface area contributed by atoms with Gasteiger partial charge in [-0.05, 0) is 34.5 Å². The monoisotopic (exact) mass is 325 g/mol. The summed E-state index contributed by atoms with van der Waals surface area (Å²) in [7, 11) is -3.28. The molecule has 0 bridgehead atoms. The van der Waals surface area contributed by atoms with Gasteiger partial charge in [0.15, 0.2) is 0 Å². The largest absolute Gasteiger partial charge is 0.252 e. The van der Waals surface area contributed by atoms with Crippen LogP contribution in [0, 0.1) is 0 Å². The molecule has 92 valence electrons. The van der Waals surface area contributed by atoms with Crippen LogP contribution in [0.25, 0.3) is 0 Å². The fraction of sp³-hybridized carbons (Fsp3) is 0.600. The summed E-state index contributed by atoms with van der Waals surface area (Å²) >= 11 is 4.54. The van der Waals surface area contributed by atoms with E-state index in [4.69, 9.17) is 0 Å². The molecule has 1 aromatic heterocycles. The number of halogens is 1. The predicted molar refractivity (Wildman–Crippen MR) is 71.4 cm³/mol. The molecule has 0 radical (unpaired) electrons. The molecule has 1 heterocycles. The van der Waals surface area contributed by atoms with E-state index < -0.39 is 10.0 Å². The third-order valence-electron chi connectivity index (χ3n) is 2.26. The van der Waals surface area contributed by atoms with Gasteiger partial charge in [0, 0.05) is 13.1 Å². The van der Waals surface area contributed by atoms with Crippen LogP contribution in [0.5, 0.6) is 0 Å². The minimum Gasteiger partial charge on any atom is -0.206 e. The summed E-state index contributed by atoms with van der Waals surface area (Å²) < 4.78 is 27.2. The second-order valence-corrected chi connectivity index (χ2v) is 8.04. The van der Waals surface area contributed by atoms with Crippen molar-refractivity contribution >= 4 is 37.3 Å². The lowest BCUT2D eigenvalue weighted by molar-refractivity contribution is 0.420. The molecule has 0 aromatic carbocycles. The first kappa shape index (κ1) is 14.2. The summed E-state index contributed by atoms with van der Waals surface area (Å²) in [6.07, 6.45) is 1.90. The fourth-order valence-corrected chi connectivity index (χ4v) is 5.00. The molecule has 0 atom stereocenters. The van der Waals surface area contributed by atoms with Gasteiger partial charge in [-0.1, -0.05) is 20.3 Å². The van der Waals surface area contributed by atoms with Crippen LogP contribution >= 0.6 is 27.3 Å². The van der Waals surface area contributed by atoms with E-state index in [2.05, 4.69) is 22.9 Å². The Labute approximate surface area is 110 Å². The molecule has 0 aliphatic rings. The van der Waals surface area contributed by atoms with Crippen LogP contribution in [0.2, 0.25) is 0 Å². The molecule has 1 aromatic rings. The maximum absolute atomic E-state index is 12.2. The van der Waals surface area contributed by atoms with Crippen molar-refractivity contribution in [1.29, 1.82) is 0 Å². The normalized spacial score (nSPS) is 12.2. The number of rotatable bonds is 6. The van der Waals surface area contributed by atoms with E-state index in [-0.39, 0.29) is 0 Å². The van der Waals surface area contributed by atoms with Crippen molar-refractivity contribution in [3.05, 3.63) is 15.9 Å². The Morgan fingerprint density at radius 2 is 2.06 bits per heavy atom. The molecular formula is C10H16BrNO2S2. The maximum atomic E-state index is 12.2. The minimum absolute atomic E-state index is 0.414. The Morgan fingerprint density at radius 1 is 1.38 bits per heavy atom. The number of nitrogens with zero attached hydrogens (tertiary/aromatic N) is 1. The molecule has 6 heteroatoms. The molecule has 0 spiro atoms. The van der Waals surface area contributed by atoms with Crippen LogP contribution in [0.15, 0.2) is 20.1 Å². The lowest BCUT2D eigenvalue weighted by Crippen LogP contribution is -2.31. The second kappa shape index (κ2) is 6.14. The smallest absolute Gasteiger partial charge is 0.206 e. The Hall–Kier alpha value is 0.0900. The summed E-state index contributed by atoms with van der Waals surface area (Å²) in [5, 5.41) is 0. The lowest BCUT2D eigenvalue weighted by atomic mass is 10.3. The van der Waals surface area contributed by atoms with Crippen LogP contribution in [0.4, 0.5) is 0 Å². The zero-order valence-corrected chi connectivity index (χ0v) is 12.7. The molecule has 0 saturated heterocycles. The Balaban J connectivity index is 2.90. The highest BCUT2D eigenvalue weighted by atomic mass is 79.9. The van der Waals surface area contributed by atoms with Gasteiger partial charge in [-0.25, -0.2) is 8.42 Å². The molecule has 0 saturated carbocycles. The molecule has 0 fully saturated rings. The van der Waals surface area contributed by atoms with Gasteiger partial charge in [-0.15, -0.1) is 11.3 Å². The van der Waals surface area contributed by atoms with E-state index in [0.29, 0.717) is 17.3 Å². The number of unbranched alkanes of at least 4 members (excludes halogenated alkanes) is 1. The Bertz CT molecular complexity index is 428. The highest BCUT2D eigenvalue weighted by Crippen LogP contribution is 2.28. The van der Waals surface area contributed by atoms with Gasteiger partial charge in [0.2, 0.25) is 0 Å². The molecule has 0 unspecified atom stereocenters. The molecular weight excluding hydrogens is 310 g/mol. The number of sulfonamides is 1. The van der Waals surface area contributed by atoms with Crippen LogP contribution < -0.4 is 0 Å². The molecule has 3 nitrogen and oxygen atoms in total. The third-order valence-corrected chi connectivity index (χ3v) is 6.32. The second-order valence-electron chi connectivity index (χ2n) is 3.41. The van der Waals surface area contributed by atoms with Gasteiger partial charge in [0.25, 0.3) is 10.0 Å². The Morgan fingerprint density at radius 3 is 2.50 bits per heavy atom. The van der Waals surface area contributed by atoms with Crippen molar-refractivity contribution in [2.75, 3.05) is 13.1 Å². The average molecular weight is 326 g/mol.